The van der Waals surface area contributed by atoms with E-state index in [2.05, 4.69) is 66.5 Å². The van der Waals surface area contributed by atoms with Gasteiger partial charge in [0, 0.05) is 11.8 Å². The molecule has 2 heteroatoms. The first kappa shape index (κ1) is 10.3. The summed E-state index contributed by atoms with van der Waals surface area (Å²) in [6, 6.07) is 8.69. The minimum absolute atomic E-state index is 1.04. The summed E-state index contributed by atoms with van der Waals surface area (Å²) in [5.74, 6) is 1.34. The van der Waals surface area contributed by atoms with Gasteiger partial charge in [0.2, 0.25) is 0 Å². The van der Waals surface area contributed by atoms with Crippen LogP contribution in [0.4, 0.5) is 0 Å². The van der Waals surface area contributed by atoms with Crippen molar-refractivity contribution in [2.24, 2.45) is 7.05 Å². The molecule has 0 saturated heterocycles. The highest BCUT2D eigenvalue weighted by atomic mass is 15.1. The molecule has 86 valence electrons. The van der Waals surface area contributed by atoms with E-state index in [1.54, 1.807) is 0 Å². The monoisotopic (exact) mass is 225 g/mol. The van der Waals surface area contributed by atoms with E-state index >= 15 is 0 Å². The molecule has 0 atom stereocenters. The second kappa shape index (κ2) is 3.59. The van der Waals surface area contributed by atoms with Crippen LogP contribution in [-0.2, 0) is 13.5 Å². The van der Waals surface area contributed by atoms with Crippen LogP contribution in [-0.4, -0.2) is 4.40 Å². The molecule has 3 aromatic rings. The van der Waals surface area contributed by atoms with Gasteiger partial charge in [0.05, 0.1) is 13.2 Å². The highest BCUT2D eigenvalue weighted by molar-refractivity contribution is 5.97. The smallest absolute Gasteiger partial charge is 0.236 e. The zero-order chi connectivity index (χ0) is 12.0. The summed E-state index contributed by atoms with van der Waals surface area (Å²) in [5, 5.41) is 2.68. The number of hydrogen-bond acceptors (Lipinski definition) is 0. The number of hydrogen-bond donors (Lipinski definition) is 0. The summed E-state index contributed by atoms with van der Waals surface area (Å²) in [4.78, 5) is 0. The number of nitrogens with zero attached hydrogens (tertiary/aromatic N) is 2. The second-order valence-corrected chi connectivity index (χ2v) is 4.62. The lowest BCUT2D eigenvalue weighted by atomic mass is 10.1. The zero-order valence-corrected chi connectivity index (χ0v) is 10.6. The molecule has 0 amide bonds. The van der Waals surface area contributed by atoms with Crippen LogP contribution in [0, 0.1) is 6.92 Å². The fraction of sp³-hybridized carbons (Fsp3) is 0.267. The average molecular weight is 225 g/mol. The van der Waals surface area contributed by atoms with Crippen LogP contribution < -0.4 is 4.57 Å². The maximum Gasteiger partial charge on any atom is 0.261 e. The van der Waals surface area contributed by atoms with E-state index in [9.17, 15) is 0 Å². The number of fused-ring (bicyclic) bond motifs is 3. The van der Waals surface area contributed by atoms with Gasteiger partial charge in [0.15, 0.2) is 5.52 Å². The summed E-state index contributed by atoms with van der Waals surface area (Å²) in [6.07, 6.45) is 5.45. The highest BCUT2D eigenvalue weighted by Gasteiger charge is 2.16. The Kier molecular flexibility index (Phi) is 2.18. The number of imidazole rings is 1. The average Bonchev–Trinajstić information content (AvgIpc) is 2.64. The van der Waals surface area contributed by atoms with E-state index in [1.165, 1.54) is 27.7 Å². The van der Waals surface area contributed by atoms with Crippen LogP contribution in [0.2, 0.25) is 0 Å². The second-order valence-electron chi connectivity index (χ2n) is 4.62. The van der Waals surface area contributed by atoms with Crippen LogP contribution in [0.3, 0.4) is 0 Å². The number of pyridine rings is 1. The third kappa shape index (κ3) is 1.37. The molecule has 2 heterocycles. The van der Waals surface area contributed by atoms with Gasteiger partial charge in [0.25, 0.3) is 5.82 Å². The minimum Gasteiger partial charge on any atom is -0.236 e. The lowest BCUT2D eigenvalue weighted by molar-refractivity contribution is -0.677. The Balaban J connectivity index is 2.56. The third-order valence-corrected chi connectivity index (χ3v) is 3.54. The van der Waals surface area contributed by atoms with E-state index in [4.69, 9.17) is 0 Å². The van der Waals surface area contributed by atoms with Gasteiger partial charge >= 0.3 is 0 Å². The fourth-order valence-corrected chi connectivity index (χ4v) is 2.73. The van der Waals surface area contributed by atoms with Crippen LogP contribution in [0.25, 0.3) is 16.3 Å². The number of aryl methyl sites for hydroxylation is 3. The van der Waals surface area contributed by atoms with Gasteiger partial charge < -0.3 is 0 Å². The highest BCUT2D eigenvalue weighted by Crippen LogP contribution is 2.23. The largest absolute Gasteiger partial charge is 0.261 e. The van der Waals surface area contributed by atoms with Crippen molar-refractivity contribution in [3.63, 3.8) is 0 Å². The SMILES string of the molecule is CCc1n2ccc3cccc(C)c3c2c[n+]1C. The predicted octanol–water partition coefficient (Wildman–Crippen LogP) is 2.79. The minimum atomic E-state index is 1.04. The molecule has 0 spiro atoms. The number of aromatic nitrogens is 2. The lowest BCUT2D eigenvalue weighted by Crippen LogP contribution is -2.30. The first-order valence-corrected chi connectivity index (χ1v) is 6.10. The van der Waals surface area contributed by atoms with Crippen LogP contribution >= 0.6 is 0 Å². The Bertz CT molecular complexity index is 708. The van der Waals surface area contributed by atoms with Crippen LogP contribution in [0.1, 0.15) is 18.3 Å². The molecule has 17 heavy (non-hydrogen) atoms. The Hall–Kier alpha value is -1.83. The van der Waals surface area contributed by atoms with Crippen molar-refractivity contribution >= 4 is 16.3 Å². The lowest BCUT2D eigenvalue weighted by Gasteiger charge is -2.01. The molecular weight excluding hydrogens is 208 g/mol. The van der Waals surface area contributed by atoms with Crippen molar-refractivity contribution in [1.29, 1.82) is 0 Å². The van der Waals surface area contributed by atoms with Crippen LogP contribution in [0.5, 0.6) is 0 Å². The molecule has 1 aromatic carbocycles. The molecule has 0 aliphatic carbocycles. The molecule has 0 N–H and O–H groups in total. The van der Waals surface area contributed by atoms with Crippen molar-refractivity contribution in [2.75, 3.05) is 0 Å². The van der Waals surface area contributed by atoms with Crippen molar-refractivity contribution in [3.05, 3.63) is 48.0 Å². The number of rotatable bonds is 1. The maximum atomic E-state index is 2.30. The Labute approximate surface area is 101 Å². The first-order chi connectivity index (χ1) is 8.22. The van der Waals surface area contributed by atoms with Gasteiger partial charge in [-0.05, 0) is 23.9 Å². The first-order valence-electron chi connectivity index (χ1n) is 6.10. The van der Waals surface area contributed by atoms with Crippen molar-refractivity contribution in [1.82, 2.24) is 4.40 Å². The Morgan fingerprint density at radius 1 is 1.24 bits per heavy atom. The summed E-state index contributed by atoms with van der Waals surface area (Å²) >= 11 is 0. The molecule has 2 nitrogen and oxygen atoms in total. The van der Waals surface area contributed by atoms with Crippen molar-refractivity contribution in [2.45, 2.75) is 20.3 Å². The fourth-order valence-electron chi connectivity index (χ4n) is 2.73. The number of benzene rings is 1. The molecule has 0 aliphatic heterocycles. The molecular formula is C15H17N2+. The Morgan fingerprint density at radius 3 is 2.82 bits per heavy atom. The van der Waals surface area contributed by atoms with E-state index in [1.807, 2.05) is 0 Å². The van der Waals surface area contributed by atoms with Crippen molar-refractivity contribution in [3.8, 4) is 0 Å². The topological polar surface area (TPSA) is 8.29 Å². The van der Waals surface area contributed by atoms with Crippen LogP contribution in [0.15, 0.2) is 36.7 Å². The molecule has 0 bridgehead atoms. The molecule has 0 fully saturated rings. The van der Waals surface area contributed by atoms with Gasteiger partial charge in [-0.2, -0.15) is 4.40 Å². The third-order valence-electron chi connectivity index (χ3n) is 3.54. The summed E-state index contributed by atoms with van der Waals surface area (Å²) in [5.41, 5.74) is 2.65. The van der Waals surface area contributed by atoms with E-state index in [0.29, 0.717) is 0 Å². The predicted molar refractivity (Wildman–Crippen MR) is 70.2 cm³/mol. The molecule has 0 aliphatic rings. The molecule has 0 saturated carbocycles. The van der Waals surface area contributed by atoms with Crippen molar-refractivity contribution < 1.29 is 4.57 Å². The normalized spacial score (nSPS) is 11.5. The standard InChI is InChI=1S/C15H17N2/c1-4-14-16(3)10-13-15-11(2)6-5-7-12(15)8-9-17(13)14/h5-10H,4H2,1-3H3/q+1. The van der Waals surface area contributed by atoms with Gasteiger partial charge in [-0.1, -0.05) is 25.1 Å². The van der Waals surface area contributed by atoms with Gasteiger partial charge in [-0.3, -0.25) is 0 Å². The van der Waals surface area contributed by atoms with E-state index in [0.717, 1.165) is 6.42 Å². The summed E-state index contributed by atoms with van der Waals surface area (Å²) in [7, 11) is 2.12. The van der Waals surface area contributed by atoms with Gasteiger partial charge in [-0.25, -0.2) is 4.57 Å². The van der Waals surface area contributed by atoms with E-state index < -0.39 is 0 Å². The Morgan fingerprint density at radius 2 is 2.06 bits per heavy atom. The van der Waals surface area contributed by atoms with Gasteiger partial charge in [-0.15, -0.1) is 0 Å². The molecule has 0 radical (unpaired) electrons. The quantitative estimate of drug-likeness (QED) is 0.563. The summed E-state index contributed by atoms with van der Waals surface area (Å²) in [6.45, 7) is 4.38. The molecule has 2 aromatic heterocycles. The molecule has 0 unspecified atom stereocenters. The maximum absolute atomic E-state index is 2.30. The zero-order valence-electron chi connectivity index (χ0n) is 10.6. The summed E-state index contributed by atoms with van der Waals surface area (Å²) < 4.78 is 4.52. The molecule has 3 rings (SSSR count). The van der Waals surface area contributed by atoms with E-state index in [-0.39, 0.29) is 0 Å². The van der Waals surface area contributed by atoms with Gasteiger partial charge in [0.1, 0.15) is 6.20 Å².